The molecule has 0 spiro atoms. The van der Waals surface area contributed by atoms with Crippen LogP contribution in [-0.4, -0.2) is 18.5 Å². The fourth-order valence-electron chi connectivity index (χ4n) is 1.38. The fraction of sp³-hybridized carbons (Fsp3) is 0.571. The van der Waals surface area contributed by atoms with Crippen LogP contribution in [-0.2, 0) is 0 Å². The van der Waals surface area contributed by atoms with Crippen molar-refractivity contribution in [2.75, 3.05) is 18.5 Å². The second-order valence-corrected chi connectivity index (χ2v) is 4.68. The molecule has 3 heteroatoms. The zero-order chi connectivity index (χ0) is 12.5. The summed E-state index contributed by atoms with van der Waals surface area (Å²) in [6, 6.07) is 7.87. The first-order valence-electron chi connectivity index (χ1n) is 6.22. The van der Waals surface area contributed by atoms with Gasteiger partial charge in [-0.3, -0.25) is 0 Å². The topological polar surface area (TPSA) is 18.5 Å². The van der Waals surface area contributed by atoms with Gasteiger partial charge in [-0.25, -0.2) is 0 Å². The average Bonchev–Trinajstić information content (AvgIpc) is 2.38. The van der Waals surface area contributed by atoms with Crippen LogP contribution < -0.4 is 9.47 Å². The fourth-order valence-corrected chi connectivity index (χ4v) is 2.02. The lowest BCUT2D eigenvalue weighted by Gasteiger charge is -2.15. The lowest BCUT2D eigenvalue weighted by atomic mass is 10.1. The van der Waals surface area contributed by atoms with Crippen LogP contribution in [0, 0.1) is 5.92 Å². The second kappa shape index (κ2) is 8.40. The van der Waals surface area contributed by atoms with E-state index >= 15 is 0 Å². The van der Waals surface area contributed by atoms with E-state index in [9.17, 15) is 0 Å². The summed E-state index contributed by atoms with van der Waals surface area (Å²) in [5, 5.41) is 0.974. The van der Waals surface area contributed by atoms with Crippen LogP contribution in [0.4, 0.5) is 0 Å². The van der Waals surface area contributed by atoms with E-state index in [1.807, 2.05) is 24.3 Å². The van der Waals surface area contributed by atoms with Crippen LogP contribution in [0.1, 0.15) is 26.7 Å². The second-order valence-electron chi connectivity index (χ2n) is 4.03. The standard InChI is InChI=1S/C14H21BrO2/c1-3-9-16-13-7-5-6-8-14(13)17-11-12(4-2)10-15/h5-8,12H,3-4,9-11H2,1-2H3. The van der Waals surface area contributed by atoms with Gasteiger partial charge in [0.15, 0.2) is 11.5 Å². The van der Waals surface area contributed by atoms with E-state index in [1.165, 1.54) is 0 Å². The van der Waals surface area contributed by atoms with Gasteiger partial charge in [0.2, 0.25) is 0 Å². The summed E-state index contributed by atoms with van der Waals surface area (Å²) in [7, 11) is 0. The molecule has 2 nitrogen and oxygen atoms in total. The summed E-state index contributed by atoms with van der Waals surface area (Å²) < 4.78 is 11.5. The number of alkyl halides is 1. The molecular formula is C14H21BrO2. The summed E-state index contributed by atoms with van der Waals surface area (Å²) in [6.07, 6.45) is 2.12. The van der Waals surface area contributed by atoms with Crippen LogP contribution in [0.3, 0.4) is 0 Å². The molecule has 1 aromatic carbocycles. The average molecular weight is 301 g/mol. The van der Waals surface area contributed by atoms with Gasteiger partial charge in [0.1, 0.15) is 0 Å². The zero-order valence-corrected chi connectivity index (χ0v) is 12.2. The molecule has 1 aromatic rings. The third-order valence-corrected chi connectivity index (χ3v) is 3.50. The first kappa shape index (κ1) is 14.4. The van der Waals surface area contributed by atoms with E-state index in [1.54, 1.807) is 0 Å². The number of hydrogen-bond donors (Lipinski definition) is 0. The predicted molar refractivity (Wildman–Crippen MR) is 75.3 cm³/mol. The van der Waals surface area contributed by atoms with E-state index in [4.69, 9.17) is 9.47 Å². The molecule has 1 rings (SSSR count). The van der Waals surface area contributed by atoms with Crippen LogP contribution in [0.2, 0.25) is 0 Å². The molecule has 0 fully saturated rings. The Morgan fingerprint density at radius 1 is 1.12 bits per heavy atom. The van der Waals surface area contributed by atoms with Gasteiger partial charge in [0, 0.05) is 11.2 Å². The Hall–Kier alpha value is -0.700. The summed E-state index contributed by atoms with van der Waals surface area (Å²) in [5.41, 5.74) is 0. The SMILES string of the molecule is CCCOc1ccccc1OCC(CC)CBr. The molecule has 0 bridgehead atoms. The number of rotatable bonds is 8. The zero-order valence-electron chi connectivity index (χ0n) is 10.6. The largest absolute Gasteiger partial charge is 0.490 e. The highest BCUT2D eigenvalue weighted by atomic mass is 79.9. The van der Waals surface area contributed by atoms with Gasteiger partial charge in [-0.1, -0.05) is 41.9 Å². The predicted octanol–water partition coefficient (Wildman–Crippen LogP) is 4.28. The first-order valence-corrected chi connectivity index (χ1v) is 7.34. The highest BCUT2D eigenvalue weighted by Gasteiger charge is 2.08. The van der Waals surface area contributed by atoms with Gasteiger partial charge in [-0.15, -0.1) is 0 Å². The Kier molecular flexibility index (Phi) is 7.10. The minimum Gasteiger partial charge on any atom is -0.490 e. The van der Waals surface area contributed by atoms with Gasteiger partial charge in [-0.2, -0.15) is 0 Å². The number of benzene rings is 1. The molecule has 0 radical (unpaired) electrons. The minimum absolute atomic E-state index is 0.550. The Balaban J connectivity index is 2.56. The van der Waals surface area contributed by atoms with Crippen molar-refractivity contribution in [3.05, 3.63) is 24.3 Å². The highest BCUT2D eigenvalue weighted by Crippen LogP contribution is 2.27. The quantitative estimate of drug-likeness (QED) is 0.667. The maximum Gasteiger partial charge on any atom is 0.161 e. The molecule has 0 aliphatic rings. The third-order valence-electron chi connectivity index (χ3n) is 2.58. The summed E-state index contributed by atoms with van der Waals surface area (Å²) in [5.74, 6) is 2.24. The van der Waals surface area contributed by atoms with Gasteiger partial charge >= 0.3 is 0 Å². The molecule has 0 amide bonds. The number of para-hydroxylation sites is 2. The van der Waals surface area contributed by atoms with Crippen molar-refractivity contribution in [3.63, 3.8) is 0 Å². The number of hydrogen-bond acceptors (Lipinski definition) is 2. The molecule has 17 heavy (non-hydrogen) atoms. The Labute approximate surface area is 112 Å². The van der Waals surface area contributed by atoms with E-state index in [-0.39, 0.29) is 0 Å². The smallest absolute Gasteiger partial charge is 0.161 e. The normalized spacial score (nSPS) is 12.2. The summed E-state index contributed by atoms with van der Waals surface area (Å²) in [4.78, 5) is 0. The molecule has 1 unspecified atom stereocenters. The van der Waals surface area contributed by atoms with Gasteiger partial charge < -0.3 is 9.47 Å². The van der Waals surface area contributed by atoms with Crippen molar-refractivity contribution in [3.8, 4) is 11.5 Å². The monoisotopic (exact) mass is 300 g/mol. The molecular weight excluding hydrogens is 280 g/mol. The van der Waals surface area contributed by atoms with E-state index < -0.39 is 0 Å². The summed E-state index contributed by atoms with van der Waals surface area (Å²) >= 11 is 3.50. The third kappa shape index (κ3) is 4.99. The Morgan fingerprint density at radius 2 is 1.76 bits per heavy atom. The summed E-state index contributed by atoms with van der Waals surface area (Å²) in [6.45, 7) is 5.74. The lowest BCUT2D eigenvalue weighted by Crippen LogP contribution is -2.13. The van der Waals surface area contributed by atoms with E-state index in [2.05, 4.69) is 29.8 Å². The van der Waals surface area contributed by atoms with Gasteiger partial charge in [0.05, 0.1) is 13.2 Å². The van der Waals surface area contributed by atoms with Crippen LogP contribution in [0.5, 0.6) is 11.5 Å². The van der Waals surface area contributed by atoms with Crippen LogP contribution >= 0.6 is 15.9 Å². The molecule has 0 heterocycles. The Morgan fingerprint density at radius 3 is 2.29 bits per heavy atom. The van der Waals surface area contributed by atoms with Gasteiger partial charge in [-0.05, 0) is 25.0 Å². The van der Waals surface area contributed by atoms with Crippen molar-refractivity contribution >= 4 is 15.9 Å². The van der Waals surface area contributed by atoms with Gasteiger partial charge in [0.25, 0.3) is 0 Å². The van der Waals surface area contributed by atoms with Crippen LogP contribution in [0.25, 0.3) is 0 Å². The molecule has 0 saturated carbocycles. The van der Waals surface area contributed by atoms with E-state index in [0.29, 0.717) is 5.92 Å². The van der Waals surface area contributed by atoms with Crippen LogP contribution in [0.15, 0.2) is 24.3 Å². The minimum atomic E-state index is 0.550. The van der Waals surface area contributed by atoms with Crippen molar-refractivity contribution in [1.82, 2.24) is 0 Å². The molecule has 1 atom stereocenters. The molecule has 0 aromatic heterocycles. The van der Waals surface area contributed by atoms with Crippen molar-refractivity contribution in [2.45, 2.75) is 26.7 Å². The first-order chi connectivity index (χ1) is 8.31. The molecule has 0 saturated heterocycles. The highest BCUT2D eigenvalue weighted by molar-refractivity contribution is 9.09. The van der Waals surface area contributed by atoms with E-state index in [0.717, 1.165) is 42.9 Å². The van der Waals surface area contributed by atoms with Crippen molar-refractivity contribution < 1.29 is 9.47 Å². The van der Waals surface area contributed by atoms with Crippen molar-refractivity contribution in [1.29, 1.82) is 0 Å². The van der Waals surface area contributed by atoms with Crippen molar-refractivity contribution in [2.24, 2.45) is 5.92 Å². The number of ether oxygens (including phenoxy) is 2. The number of halogens is 1. The lowest BCUT2D eigenvalue weighted by molar-refractivity contribution is 0.236. The molecule has 96 valence electrons. The maximum atomic E-state index is 5.82. The molecule has 0 N–H and O–H groups in total. The maximum absolute atomic E-state index is 5.82. The molecule has 0 aliphatic heterocycles. The molecule has 0 aliphatic carbocycles. The Bertz CT molecular complexity index is 311.